The smallest absolute Gasteiger partial charge is 0.261 e. The molecule has 0 aliphatic rings. The largest absolute Gasteiger partial charge is 0.484 e. The molecule has 0 aliphatic carbocycles. The van der Waals surface area contributed by atoms with E-state index in [1.807, 2.05) is 58.4 Å². The number of thiophene rings is 1. The Morgan fingerprint density at radius 3 is 2.48 bits per heavy atom. The molecule has 1 amide bonds. The summed E-state index contributed by atoms with van der Waals surface area (Å²) < 4.78 is 7.80. The van der Waals surface area contributed by atoms with Crippen molar-refractivity contribution in [2.45, 2.75) is 32.9 Å². The van der Waals surface area contributed by atoms with Gasteiger partial charge in [0.15, 0.2) is 6.61 Å². The number of hydrogen-bond donors (Lipinski definition) is 0. The molecular formula is C22H26N2O2S. The highest BCUT2D eigenvalue weighted by Gasteiger charge is 2.17. The van der Waals surface area contributed by atoms with E-state index in [4.69, 9.17) is 4.74 Å². The van der Waals surface area contributed by atoms with Crippen molar-refractivity contribution in [3.05, 3.63) is 76.2 Å². The lowest BCUT2D eigenvalue weighted by Gasteiger charge is -2.23. The van der Waals surface area contributed by atoms with Crippen LogP contribution in [0.3, 0.4) is 0 Å². The molecule has 3 aromatic rings. The van der Waals surface area contributed by atoms with E-state index in [9.17, 15) is 4.79 Å². The van der Waals surface area contributed by atoms with Crippen molar-refractivity contribution >= 4 is 17.2 Å². The molecule has 5 heteroatoms. The van der Waals surface area contributed by atoms with Gasteiger partial charge in [0.25, 0.3) is 5.91 Å². The van der Waals surface area contributed by atoms with Gasteiger partial charge < -0.3 is 14.2 Å². The molecule has 0 spiro atoms. The van der Waals surface area contributed by atoms with E-state index in [1.54, 1.807) is 11.3 Å². The Hall–Kier alpha value is -2.53. The molecule has 27 heavy (non-hydrogen) atoms. The molecule has 3 rings (SSSR count). The first-order valence-electron chi connectivity index (χ1n) is 9.16. The second kappa shape index (κ2) is 8.91. The van der Waals surface area contributed by atoms with Crippen molar-refractivity contribution in [2.24, 2.45) is 7.05 Å². The zero-order chi connectivity index (χ0) is 19.2. The average molecular weight is 383 g/mol. The predicted molar refractivity (Wildman–Crippen MR) is 110 cm³/mol. The number of aromatic nitrogens is 1. The first kappa shape index (κ1) is 19.2. The predicted octanol–water partition coefficient (Wildman–Crippen LogP) is 4.82. The summed E-state index contributed by atoms with van der Waals surface area (Å²) in [5.74, 6) is 1.19. The summed E-state index contributed by atoms with van der Waals surface area (Å²) in [5.41, 5.74) is 2.36. The first-order chi connectivity index (χ1) is 13.0. The highest BCUT2D eigenvalue weighted by atomic mass is 32.1. The Balaban J connectivity index is 1.65. The van der Waals surface area contributed by atoms with Gasteiger partial charge >= 0.3 is 0 Å². The van der Waals surface area contributed by atoms with E-state index in [0.717, 1.165) is 11.4 Å². The van der Waals surface area contributed by atoms with Crippen LogP contribution in [-0.2, 0) is 24.9 Å². The number of carbonyl (C=O) groups excluding carboxylic acids is 1. The van der Waals surface area contributed by atoms with Crippen LogP contribution < -0.4 is 4.74 Å². The van der Waals surface area contributed by atoms with Crippen LogP contribution in [0.5, 0.6) is 5.75 Å². The lowest BCUT2D eigenvalue weighted by Crippen LogP contribution is -2.34. The third-order valence-electron chi connectivity index (χ3n) is 4.59. The molecule has 2 aromatic heterocycles. The molecule has 0 bridgehead atoms. The highest BCUT2D eigenvalue weighted by molar-refractivity contribution is 7.09. The minimum Gasteiger partial charge on any atom is -0.484 e. The van der Waals surface area contributed by atoms with Crippen LogP contribution in [0.2, 0.25) is 0 Å². The van der Waals surface area contributed by atoms with Crippen LogP contribution in [-0.4, -0.2) is 22.0 Å². The van der Waals surface area contributed by atoms with E-state index in [2.05, 4.69) is 32.0 Å². The maximum Gasteiger partial charge on any atom is 0.261 e. The summed E-state index contributed by atoms with van der Waals surface area (Å²) in [7, 11) is 2.00. The van der Waals surface area contributed by atoms with Gasteiger partial charge in [0, 0.05) is 23.8 Å². The van der Waals surface area contributed by atoms with E-state index in [0.29, 0.717) is 19.0 Å². The van der Waals surface area contributed by atoms with Gasteiger partial charge in [0.05, 0.1) is 13.1 Å². The standard InChI is InChI=1S/C22H26N2O2S/c1-17(2)18-8-10-20(11-9-18)26-16-22(25)24(15-21-7-5-13-27-21)14-19-6-4-12-23(19)3/h4-13,17H,14-16H2,1-3H3. The number of amides is 1. The number of ether oxygens (including phenoxy) is 1. The Morgan fingerprint density at radius 1 is 1.11 bits per heavy atom. The normalized spacial score (nSPS) is 11.0. The van der Waals surface area contributed by atoms with Crippen molar-refractivity contribution < 1.29 is 9.53 Å². The van der Waals surface area contributed by atoms with Crippen LogP contribution >= 0.6 is 11.3 Å². The molecule has 0 saturated carbocycles. The molecule has 0 N–H and O–H groups in total. The summed E-state index contributed by atoms with van der Waals surface area (Å²) in [6.07, 6.45) is 2.00. The van der Waals surface area contributed by atoms with Crippen LogP contribution in [0.15, 0.2) is 60.1 Å². The van der Waals surface area contributed by atoms with Crippen LogP contribution in [0, 0.1) is 0 Å². The summed E-state index contributed by atoms with van der Waals surface area (Å²) in [4.78, 5) is 15.9. The Morgan fingerprint density at radius 2 is 1.89 bits per heavy atom. The molecule has 4 nitrogen and oxygen atoms in total. The molecule has 0 atom stereocenters. The zero-order valence-corrected chi connectivity index (χ0v) is 16.9. The molecule has 0 radical (unpaired) electrons. The average Bonchev–Trinajstić information content (AvgIpc) is 3.31. The van der Waals surface area contributed by atoms with E-state index >= 15 is 0 Å². The van der Waals surface area contributed by atoms with Crippen molar-refractivity contribution in [3.63, 3.8) is 0 Å². The number of hydrogen-bond acceptors (Lipinski definition) is 3. The van der Waals surface area contributed by atoms with Gasteiger partial charge in [-0.3, -0.25) is 4.79 Å². The maximum atomic E-state index is 12.9. The van der Waals surface area contributed by atoms with E-state index in [1.165, 1.54) is 10.4 Å². The molecule has 0 aliphatic heterocycles. The lowest BCUT2D eigenvalue weighted by atomic mass is 10.0. The summed E-state index contributed by atoms with van der Waals surface area (Å²) in [5, 5.41) is 2.04. The number of aryl methyl sites for hydroxylation is 1. The SMILES string of the molecule is CC(C)c1ccc(OCC(=O)N(Cc2cccs2)Cc2cccn2C)cc1. The van der Waals surface area contributed by atoms with Gasteiger partial charge in [-0.1, -0.05) is 32.0 Å². The number of benzene rings is 1. The minimum absolute atomic E-state index is 0.0162. The third kappa shape index (κ3) is 5.23. The quantitative estimate of drug-likeness (QED) is 0.560. The van der Waals surface area contributed by atoms with Gasteiger partial charge in [-0.25, -0.2) is 0 Å². The second-order valence-corrected chi connectivity index (χ2v) is 7.98. The van der Waals surface area contributed by atoms with Crippen LogP contribution in [0.1, 0.15) is 35.9 Å². The molecule has 0 saturated heterocycles. The van der Waals surface area contributed by atoms with Gasteiger partial charge in [-0.2, -0.15) is 0 Å². The van der Waals surface area contributed by atoms with Crippen molar-refractivity contribution in [1.82, 2.24) is 9.47 Å². The third-order valence-corrected chi connectivity index (χ3v) is 5.45. The molecule has 0 fully saturated rings. The molecule has 142 valence electrons. The molecule has 2 heterocycles. The molecule has 1 aromatic carbocycles. The van der Waals surface area contributed by atoms with Crippen molar-refractivity contribution in [3.8, 4) is 5.75 Å². The van der Waals surface area contributed by atoms with Gasteiger partial charge in [0.2, 0.25) is 0 Å². The summed E-state index contributed by atoms with van der Waals surface area (Å²) in [6.45, 7) is 5.51. The van der Waals surface area contributed by atoms with Crippen molar-refractivity contribution in [1.29, 1.82) is 0 Å². The summed E-state index contributed by atoms with van der Waals surface area (Å²) >= 11 is 1.66. The van der Waals surface area contributed by atoms with Gasteiger partial charge in [-0.15, -0.1) is 11.3 Å². The maximum absolute atomic E-state index is 12.9. The molecule has 0 unspecified atom stereocenters. The van der Waals surface area contributed by atoms with Gasteiger partial charge in [0.1, 0.15) is 5.75 Å². The zero-order valence-electron chi connectivity index (χ0n) is 16.1. The number of nitrogens with zero attached hydrogens (tertiary/aromatic N) is 2. The van der Waals surface area contributed by atoms with Gasteiger partial charge in [-0.05, 0) is 47.2 Å². The fourth-order valence-corrected chi connectivity index (χ4v) is 3.58. The Bertz CT molecular complexity index is 851. The number of rotatable bonds is 8. The fraction of sp³-hybridized carbons (Fsp3) is 0.318. The fourth-order valence-electron chi connectivity index (χ4n) is 2.86. The topological polar surface area (TPSA) is 34.5 Å². The lowest BCUT2D eigenvalue weighted by molar-refractivity contribution is -0.134. The van der Waals surface area contributed by atoms with E-state index in [-0.39, 0.29) is 12.5 Å². The van der Waals surface area contributed by atoms with E-state index < -0.39 is 0 Å². The summed E-state index contributed by atoms with van der Waals surface area (Å²) in [6, 6.07) is 16.1. The van der Waals surface area contributed by atoms with Crippen molar-refractivity contribution in [2.75, 3.05) is 6.61 Å². The minimum atomic E-state index is -0.0162. The monoisotopic (exact) mass is 382 g/mol. The van der Waals surface area contributed by atoms with Crippen LogP contribution in [0.25, 0.3) is 0 Å². The second-order valence-electron chi connectivity index (χ2n) is 6.95. The highest BCUT2D eigenvalue weighted by Crippen LogP contribution is 2.19. The van der Waals surface area contributed by atoms with Crippen LogP contribution in [0.4, 0.5) is 0 Å². The Labute approximate surface area is 165 Å². The molecular weight excluding hydrogens is 356 g/mol. The Kier molecular flexibility index (Phi) is 6.35. The number of carbonyl (C=O) groups is 1. The first-order valence-corrected chi connectivity index (χ1v) is 10.0.